The van der Waals surface area contributed by atoms with Crippen molar-refractivity contribution in [3.05, 3.63) is 84.2 Å². The Bertz CT molecular complexity index is 1090. The van der Waals surface area contributed by atoms with E-state index in [4.69, 9.17) is 11.6 Å². The van der Waals surface area contributed by atoms with Crippen LogP contribution in [0.5, 0.6) is 0 Å². The molecule has 1 aromatic heterocycles. The van der Waals surface area contributed by atoms with Gasteiger partial charge in [0.1, 0.15) is 0 Å². The van der Waals surface area contributed by atoms with Crippen LogP contribution >= 0.6 is 22.9 Å². The molecule has 0 spiro atoms. The van der Waals surface area contributed by atoms with Crippen molar-refractivity contribution in [2.24, 2.45) is 0 Å². The van der Waals surface area contributed by atoms with Crippen molar-refractivity contribution in [1.82, 2.24) is 4.98 Å². The number of carbonyl (C=O) groups excluding carboxylic acids is 1. The van der Waals surface area contributed by atoms with Crippen LogP contribution in [0.4, 0.5) is 5.69 Å². The number of aromatic nitrogens is 1. The lowest BCUT2D eigenvalue weighted by Crippen LogP contribution is -2.20. The third-order valence-electron chi connectivity index (χ3n) is 3.78. The molecule has 132 valence electrons. The zero-order valence-electron chi connectivity index (χ0n) is 14.3. The maximum absolute atomic E-state index is 12.3. The van der Waals surface area contributed by atoms with Crippen LogP contribution in [-0.2, 0) is 0 Å². The Balaban J connectivity index is 1.92. The molecule has 0 saturated heterocycles. The minimum Gasteiger partial charge on any atom is -0.378 e. The summed E-state index contributed by atoms with van der Waals surface area (Å²) in [6, 6.07) is 14.5. The molecule has 0 bridgehead atoms. The predicted octanol–water partition coefficient (Wildman–Crippen LogP) is 2.65. The highest BCUT2D eigenvalue weighted by molar-refractivity contribution is 7.07. The monoisotopic (exact) mass is 384 g/mol. The number of hydrogen-bond donors (Lipinski definition) is 1. The van der Waals surface area contributed by atoms with Crippen LogP contribution in [0.15, 0.2) is 53.3 Å². The topological polar surface area (TPSA) is 53.2 Å². The highest BCUT2D eigenvalue weighted by Crippen LogP contribution is 2.12. The third kappa shape index (κ3) is 4.31. The fourth-order valence-corrected chi connectivity index (χ4v) is 3.37. The van der Waals surface area contributed by atoms with Crippen molar-refractivity contribution in [2.75, 3.05) is 19.0 Å². The summed E-state index contributed by atoms with van der Waals surface area (Å²) in [5.41, 5.74) is 2.33. The maximum atomic E-state index is 12.3. The van der Waals surface area contributed by atoms with Crippen molar-refractivity contribution in [1.29, 1.82) is 0 Å². The quantitative estimate of drug-likeness (QED) is 0.703. The molecule has 1 heterocycles. The number of Topliss-reactive ketones (excluding diaryl/α,β-unsaturated/α-hetero) is 1. The van der Waals surface area contributed by atoms with E-state index in [1.54, 1.807) is 24.3 Å². The Labute approximate surface area is 159 Å². The first-order valence-corrected chi connectivity index (χ1v) is 9.12. The van der Waals surface area contributed by atoms with Gasteiger partial charge in [0.25, 0.3) is 5.56 Å². The molecule has 26 heavy (non-hydrogen) atoms. The second kappa shape index (κ2) is 7.72. The third-order valence-corrected chi connectivity index (χ3v) is 4.99. The van der Waals surface area contributed by atoms with Crippen LogP contribution in [-0.4, -0.2) is 24.9 Å². The number of aromatic amines is 1. The number of nitrogens with one attached hydrogen (secondary N) is 1. The Morgan fingerprint density at radius 3 is 2.35 bits per heavy atom. The highest BCUT2D eigenvalue weighted by Gasteiger charge is 2.03. The number of rotatable bonds is 4. The SMILES string of the molecule is CN(C)c1ccc(/C=c2/s/c(=C\C(=O)c3ccc(Cl)cc3)[nH]c2=O)cc1. The second-order valence-electron chi connectivity index (χ2n) is 5.93. The van der Waals surface area contributed by atoms with Crippen molar-refractivity contribution in [2.45, 2.75) is 0 Å². The molecule has 3 rings (SSSR count). The van der Waals surface area contributed by atoms with E-state index in [-0.39, 0.29) is 11.3 Å². The van der Waals surface area contributed by atoms with Gasteiger partial charge < -0.3 is 9.88 Å². The molecule has 0 aliphatic rings. The molecule has 4 nitrogen and oxygen atoms in total. The first-order valence-electron chi connectivity index (χ1n) is 7.92. The van der Waals surface area contributed by atoms with Gasteiger partial charge >= 0.3 is 0 Å². The molecule has 0 aliphatic carbocycles. The van der Waals surface area contributed by atoms with E-state index in [0.717, 1.165) is 11.3 Å². The van der Waals surface area contributed by atoms with E-state index in [1.165, 1.54) is 17.4 Å². The number of benzene rings is 2. The number of anilines is 1. The van der Waals surface area contributed by atoms with Gasteiger partial charge in [0.15, 0.2) is 5.78 Å². The molecule has 0 unspecified atom stereocenters. The van der Waals surface area contributed by atoms with E-state index in [0.29, 0.717) is 19.8 Å². The summed E-state index contributed by atoms with van der Waals surface area (Å²) in [5.74, 6) is -0.180. The van der Waals surface area contributed by atoms with Crippen LogP contribution in [0.3, 0.4) is 0 Å². The molecule has 2 aromatic carbocycles. The highest BCUT2D eigenvalue weighted by atomic mass is 35.5. The minimum atomic E-state index is -0.207. The first kappa shape index (κ1) is 18.2. The normalized spacial score (nSPS) is 12.4. The van der Waals surface area contributed by atoms with Crippen LogP contribution in [0.2, 0.25) is 5.02 Å². The zero-order chi connectivity index (χ0) is 18.7. The van der Waals surface area contributed by atoms with Crippen molar-refractivity contribution in [3.8, 4) is 0 Å². The molecular formula is C20H17ClN2O2S. The van der Waals surface area contributed by atoms with Gasteiger partial charge in [-0.3, -0.25) is 9.59 Å². The second-order valence-corrected chi connectivity index (χ2v) is 7.45. The summed E-state index contributed by atoms with van der Waals surface area (Å²) >= 11 is 7.09. The molecule has 0 saturated carbocycles. The summed E-state index contributed by atoms with van der Waals surface area (Å²) in [6.45, 7) is 0. The summed E-state index contributed by atoms with van der Waals surface area (Å²) in [4.78, 5) is 29.2. The minimum absolute atomic E-state index is 0.180. The number of nitrogens with zero attached hydrogens (tertiary/aromatic N) is 1. The fourth-order valence-electron chi connectivity index (χ4n) is 2.36. The fraction of sp³-hybridized carbons (Fsp3) is 0.100. The van der Waals surface area contributed by atoms with Gasteiger partial charge in [-0.05, 0) is 48.0 Å². The smallest absolute Gasteiger partial charge is 0.266 e. The van der Waals surface area contributed by atoms with Gasteiger partial charge in [-0.2, -0.15) is 0 Å². The molecule has 0 radical (unpaired) electrons. The van der Waals surface area contributed by atoms with Crippen molar-refractivity contribution < 1.29 is 4.79 Å². The molecule has 0 atom stereocenters. The lowest BCUT2D eigenvalue weighted by atomic mass is 10.1. The van der Waals surface area contributed by atoms with E-state index in [9.17, 15) is 9.59 Å². The number of thiazole rings is 1. The molecule has 0 fully saturated rings. The number of H-pyrrole nitrogens is 1. The average Bonchev–Trinajstić information content (AvgIpc) is 2.95. The number of ketones is 1. The predicted molar refractivity (Wildman–Crippen MR) is 109 cm³/mol. The first-order chi connectivity index (χ1) is 12.4. The van der Waals surface area contributed by atoms with Gasteiger partial charge in [0, 0.05) is 36.4 Å². The lowest BCUT2D eigenvalue weighted by molar-refractivity contribution is 0.106. The Kier molecular flexibility index (Phi) is 5.40. The Morgan fingerprint density at radius 1 is 1.08 bits per heavy atom. The van der Waals surface area contributed by atoms with E-state index in [2.05, 4.69) is 4.98 Å². The standard InChI is InChI=1S/C20H17ClN2O2S/c1-23(2)16-9-3-13(4-10-16)11-18-20(25)22-19(26-18)12-17(24)14-5-7-15(21)8-6-14/h3-12H,1-2H3,(H,22,25)/b18-11+,19-12-. The zero-order valence-corrected chi connectivity index (χ0v) is 15.9. The molecule has 1 N–H and O–H groups in total. The molecule has 0 amide bonds. The lowest BCUT2D eigenvalue weighted by Gasteiger charge is -2.11. The summed E-state index contributed by atoms with van der Waals surface area (Å²) in [6.07, 6.45) is 3.24. The number of carbonyl (C=O) groups is 1. The van der Waals surface area contributed by atoms with Crippen LogP contribution < -0.4 is 19.7 Å². The molecule has 3 aromatic rings. The summed E-state index contributed by atoms with van der Waals surface area (Å²) in [5, 5.41) is 0.572. The largest absolute Gasteiger partial charge is 0.378 e. The molecule has 6 heteroatoms. The van der Waals surface area contributed by atoms with Gasteiger partial charge in [-0.1, -0.05) is 23.7 Å². The average molecular weight is 385 g/mol. The Hall–Kier alpha value is -2.63. The molecule has 0 aliphatic heterocycles. The van der Waals surface area contributed by atoms with Gasteiger partial charge in [0.05, 0.1) is 9.20 Å². The van der Waals surface area contributed by atoms with Gasteiger partial charge in [0.2, 0.25) is 0 Å². The maximum Gasteiger partial charge on any atom is 0.266 e. The van der Waals surface area contributed by atoms with Crippen LogP contribution in [0.25, 0.3) is 12.2 Å². The van der Waals surface area contributed by atoms with Gasteiger partial charge in [-0.25, -0.2) is 0 Å². The Morgan fingerprint density at radius 2 is 1.73 bits per heavy atom. The van der Waals surface area contributed by atoms with Crippen LogP contribution in [0.1, 0.15) is 15.9 Å². The summed E-state index contributed by atoms with van der Waals surface area (Å²) < 4.78 is 1.07. The summed E-state index contributed by atoms with van der Waals surface area (Å²) in [7, 11) is 3.95. The number of hydrogen-bond acceptors (Lipinski definition) is 4. The van der Waals surface area contributed by atoms with Gasteiger partial charge in [-0.15, -0.1) is 11.3 Å². The van der Waals surface area contributed by atoms with Crippen molar-refractivity contribution >= 4 is 46.6 Å². The van der Waals surface area contributed by atoms with E-state index in [1.807, 2.05) is 49.3 Å². The molecular weight excluding hydrogens is 368 g/mol. The van der Waals surface area contributed by atoms with Crippen molar-refractivity contribution in [3.63, 3.8) is 0 Å². The van der Waals surface area contributed by atoms with E-state index < -0.39 is 0 Å². The van der Waals surface area contributed by atoms with E-state index >= 15 is 0 Å². The number of halogens is 1. The van der Waals surface area contributed by atoms with Crippen LogP contribution in [0, 0.1) is 0 Å².